The Kier molecular flexibility index (Phi) is 9.79. The number of rotatable bonds is 13. The molecule has 0 saturated heterocycles. The number of carboxylic acid groups (broad SMARTS) is 1. The molecule has 0 radical (unpaired) electrons. The fourth-order valence-corrected chi connectivity index (χ4v) is 1.62. The predicted molar refractivity (Wildman–Crippen MR) is 86.9 cm³/mol. The van der Waals surface area contributed by atoms with E-state index in [-0.39, 0.29) is 6.42 Å². The maximum absolute atomic E-state index is 10.8. The lowest BCUT2D eigenvalue weighted by atomic mass is 10.1. The molecule has 0 saturated carbocycles. The third-order valence-electron chi connectivity index (χ3n) is 2.65. The summed E-state index contributed by atoms with van der Waals surface area (Å²) in [6, 6.07) is 0. The van der Waals surface area contributed by atoms with Crippen LogP contribution in [0.15, 0.2) is 36.5 Å². The van der Waals surface area contributed by atoms with Crippen LogP contribution in [0, 0.1) is 0 Å². The van der Waals surface area contributed by atoms with Crippen molar-refractivity contribution in [2.45, 2.75) is 71.0 Å². The Morgan fingerprint density at radius 2 is 1.55 bits per heavy atom. The molecule has 0 bridgehead atoms. The largest absolute Gasteiger partial charge is 0.481 e. The molecule has 0 aliphatic heterocycles. The Labute approximate surface area is 129 Å². The number of allylic oxidation sites excluding steroid dienone is 6. The van der Waals surface area contributed by atoms with Gasteiger partial charge in [-0.15, -0.1) is 0 Å². The Balaban J connectivity index is 3.79. The highest BCUT2D eigenvalue weighted by atomic mass is 16.4. The predicted octanol–water partition coefficient (Wildman–Crippen LogP) is 5.66. The summed E-state index contributed by atoms with van der Waals surface area (Å²) < 4.78 is 29.8. The smallest absolute Gasteiger partial charge is 0.303 e. The zero-order valence-corrected chi connectivity index (χ0v) is 12.5. The van der Waals surface area contributed by atoms with Gasteiger partial charge in [0.15, 0.2) is 0 Å². The fourth-order valence-electron chi connectivity index (χ4n) is 1.62. The summed E-state index contributed by atoms with van der Waals surface area (Å²) >= 11 is 0. The Hall–Kier alpha value is -1.31. The second kappa shape index (κ2) is 15.7. The van der Waals surface area contributed by atoms with E-state index in [1.54, 1.807) is 0 Å². The lowest BCUT2D eigenvalue weighted by molar-refractivity contribution is -0.137. The van der Waals surface area contributed by atoms with Gasteiger partial charge in [0.25, 0.3) is 0 Å². The maximum atomic E-state index is 10.8. The monoisotopic (exact) mass is 282 g/mol. The number of aliphatic carboxylic acids is 1. The van der Waals surface area contributed by atoms with Gasteiger partial charge >= 0.3 is 5.97 Å². The summed E-state index contributed by atoms with van der Waals surface area (Å²) in [5.41, 5.74) is 0. The normalized spacial score (nSPS) is 16.4. The van der Waals surface area contributed by atoms with Crippen molar-refractivity contribution in [2.75, 3.05) is 0 Å². The van der Waals surface area contributed by atoms with E-state index in [0.29, 0.717) is 6.42 Å². The first-order chi connectivity index (χ1) is 11.3. The molecule has 114 valence electrons. The highest BCUT2D eigenvalue weighted by molar-refractivity contribution is 5.66. The number of hydrogen-bond acceptors (Lipinski definition) is 1. The molecule has 0 aromatic carbocycles. The average Bonchev–Trinajstić information content (AvgIpc) is 2.51. The molecular formula is C18H30O2. The van der Waals surface area contributed by atoms with Crippen molar-refractivity contribution in [1.82, 2.24) is 0 Å². The van der Waals surface area contributed by atoms with Crippen LogP contribution in [0.4, 0.5) is 0 Å². The van der Waals surface area contributed by atoms with Crippen LogP contribution < -0.4 is 0 Å². The van der Waals surface area contributed by atoms with Gasteiger partial charge in [0, 0.05) is 11.9 Å². The Morgan fingerprint density at radius 1 is 0.950 bits per heavy atom. The van der Waals surface area contributed by atoms with E-state index in [0.717, 1.165) is 38.5 Å². The summed E-state index contributed by atoms with van der Waals surface area (Å²) in [6.45, 7) is 2.11. The van der Waals surface area contributed by atoms with Crippen LogP contribution in [-0.2, 0) is 4.79 Å². The molecule has 0 atom stereocenters. The van der Waals surface area contributed by atoms with Gasteiger partial charge in [-0.1, -0.05) is 62.6 Å². The van der Waals surface area contributed by atoms with E-state index in [4.69, 9.17) is 10.6 Å². The summed E-state index contributed by atoms with van der Waals surface area (Å²) in [5, 5.41) is 8.75. The van der Waals surface area contributed by atoms with E-state index in [9.17, 15) is 4.79 Å². The average molecular weight is 282 g/mol. The van der Waals surface area contributed by atoms with Crippen molar-refractivity contribution in [3.05, 3.63) is 36.5 Å². The van der Waals surface area contributed by atoms with Gasteiger partial charge in [-0.05, 0) is 38.5 Å². The molecular weight excluding hydrogens is 248 g/mol. The Bertz CT molecular complexity index is 440. The third kappa shape index (κ3) is 16.7. The van der Waals surface area contributed by atoms with E-state index in [1.807, 2.05) is 0 Å². The molecule has 0 aliphatic carbocycles. The number of hydrogen-bond donors (Lipinski definition) is 1. The zero-order valence-electron chi connectivity index (χ0n) is 16.5. The van der Waals surface area contributed by atoms with Crippen LogP contribution in [-0.4, -0.2) is 11.1 Å². The molecule has 0 heterocycles. The summed E-state index contributed by atoms with van der Waals surface area (Å²) in [7, 11) is 0. The van der Waals surface area contributed by atoms with Crippen molar-refractivity contribution in [2.24, 2.45) is 0 Å². The minimum Gasteiger partial charge on any atom is -0.481 e. The first kappa shape index (κ1) is 12.4. The quantitative estimate of drug-likeness (QED) is 0.349. The van der Waals surface area contributed by atoms with Gasteiger partial charge < -0.3 is 5.11 Å². The second-order valence-corrected chi connectivity index (χ2v) is 4.50. The second-order valence-electron chi connectivity index (χ2n) is 4.50. The zero-order chi connectivity index (χ0) is 18.5. The minimum absolute atomic E-state index is 0.0793. The number of carboxylic acids is 1. The van der Waals surface area contributed by atoms with Crippen molar-refractivity contribution in [3.63, 3.8) is 0 Å². The lowest BCUT2D eigenvalue weighted by Crippen LogP contribution is -1.93. The molecule has 2 nitrogen and oxygen atoms in total. The molecule has 0 fully saturated rings. The molecule has 20 heavy (non-hydrogen) atoms. The third-order valence-corrected chi connectivity index (χ3v) is 2.65. The van der Waals surface area contributed by atoms with Gasteiger partial charge in [0.2, 0.25) is 0 Å². The van der Waals surface area contributed by atoms with Crippen LogP contribution in [0.3, 0.4) is 0 Å². The number of carbonyl (C=O) groups is 1. The fraction of sp³-hybridized carbons (Fsp3) is 0.611. The van der Waals surface area contributed by atoms with Crippen LogP contribution >= 0.6 is 0 Å². The molecule has 0 aromatic rings. The van der Waals surface area contributed by atoms with Gasteiger partial charge in [0.05, 0.1) is 0 Å². The highest BCUT2D eigenvalue weighted by Gasteiger charge is 1.95. The maximum Gasteiger partial charge on any atom is 0.303 e. The molecule has 2 heteroatoms. The van der Waals surface area contributed by atoms with Crippen LogP contribution in [0.2, 0.25) is 0 Å². The van der Waals surface area contributed by atoms with E-state index in [1.165, 1.54) is 0 Å². The van der Waals surface area contributed by atoms with Crippen molar-refractivity contribution in [3.8, 4) is 0 Å². The van der Waals surface area contributed by atoms with Crippen LogP contribution in [0.25, 0.3) is 0 Å². The van der Waals surface area contributed by atoms with E-state index >= 15 is 0 Å². The summed E-state index contributed by atoms with van der Waals surface area (Å²) in [4.78, 5) is 10.8. The molecule has 1 N–H and O–H groups in total. The first-order valence-corrected chi connectivity index (χ1v) is 7.44. The minimum atomic E-state index is -2.84. The molecule has 0 amide bonds. The molecule has 0 rings (SSSR count). The Morgan fingerprint density at radius 3 is 2.20 bits per heavy atom. The first-order valence-electron chi connectivity index (χ1n) is 9.44. The van der Waals surface area contributed by atoms with Gasteiger partial charge in [0.1, 0.15) is 0 Å². The van der Waals surface area contributed by atoms with Crippen LogP contribution in [0.5, 0.6) is 0 Å². The van der Waals surface area contributed by atoms with Gasteiger partial charge in [-0.25, -0.2) is 0 Å². The van der Waals surface area contributed by atoms with Crippen molar-refractivity contribution < 1.29 is 15.4 Å². The van der Waals surface area contributed by atoms with Gasteiger partial charge in [-0.2, -0.15) is 0 Å². The van der Waals surface area contributed by atoms with E-state index in [2.05, 4.69) is 43.4 Å². The SMILES string of the molecule is [2H]C([2H])(CCCCC/C=C\C/C=C\C/C=C\CC)C([2H])([2H])C(=O)O. The van der Waals surface area contributed by atoms with Crippen molar-refractivity contribution in [1.29, 1.82) is 0 Å². The molecule has 0 aliphatic rings. The van der Waals surface area contributed by atoms with Crippen LogP contribution in [0.1, 0.15) is 76.5 Å². The standard InChI is InChI=1S/C18H30O2/c1-2-3-4-5-6-7-8-9-10-11-12-13-14-15-16-17-18(19)20/h3-4,6-7,9-10H,2,5,8,11-17H2,1H3,(H,19,20)/b4-3-,7-6-,10-9-/i16D2,17D2. The summed E-state index contributed by atoms with van der Waals surface area (Å²) in [6.07, 6.45) is 13.5. The number of unbranched alkanes of at least 4 members (excludes halogenated alkanes) is 3. The molecule has 0 aromatic heterocycles. The van der Waals surface area contributed by atoms with Crippen molar-refractivity contribution >= 4 is 5.97 Å². The van der Waals surface area contributed by atoms with E-state index < -0.39 is 18.7 Å². The molecule has 0 unspecified atom stereocenters. The lowest BCUT2D eigenvalue weighted by Gasteiger charge is -1.98. The van der Waals surface area contributed by atoms with Gasteiger partial charge in [-0.3, -0.25) is 4.79 Å². The summed E-state index contributed by atoms with van der Waals surface area (Å²) in [5.74, 6) is -1.74. The molecule has 0 spiro atoms. The highest BCUT2D eigenvalue weighted by Crippen LogP contribution is 2.07. The topological polar surface area (TPSA) is 37.3 Å².